The second-order valence-corrected chi connectivity index (χ2v) is 10.2. The predicted octanol–water partition coefficient (Wildman–Crippen LogP) is 4.82. The zero-order valence-electron chi connectivity index (χ0n) is 21.3. The number of aryl methyl sites for hydroxylation is 2. The normalized spacial score (nSPS) is 20.1. The largest absolute Gasteiger partial charge is 0.384 e. The number of nitrogens with zero attached hydrogens (tertiary/aromatic N) is 3. The average Bonchev–Trinajstić information content (AvgIpc) is 3.54. The Hall–Kier alpha value is -3.67. The van der Waals surface area contributed by atoms with Crippen LogP contribution in [0.25, 0.3) is 11.1 Å². The number of pyridine rings is 1. The fraction of sp³-hybridized carbons (Fsp3) is 0.367. The molecule has 6 nitrogen and oxygen atoms in total. The smallest absolute Gasteiger partial charge is 0.245 e. The van der Waals surface area contributed by atoms with Crippen molar-refractivity contribution >= 4 is 17.5 Å². The van der Waals surface area contributed by atoms with Crippen LogP contribution < -0.4 is 5.32 Å². The van der Waals surface area contributed by atoms with Crippen molar-refractivity contribution < 1.29 is 9.59 Å². The molecule has 2 fully saturated rings. The molecule has 0 bridgehead atoms. The Morgan fingerprint density at radius 1 is 1.03 bits per heavy atom. The Morgan fingerprint density at radius 2 is 1.83 bits per heavy atom. The van der Waals surface area contributed by atoms with E-state index in [1.54, 1.807) is 17.3 Å². The number of fused-ring (bicyclic) bond motifs is 1. The number of amides is 2. The number of benzene rings is 2. The topological polar surface area (TPSA) is 65.5 Å². The third-order valence-electron chi connectivity index (χ3n) is 7.45. The summed E-state index contributed by atoms with van der Waals surface area (Å²) in [6.07, 6.45) is 5.76. The zero-order valence-corrected chi connectivity index (χ0v) is 21.3. The van der Waals surface area contributed by atoms with Gasteiger partial charge in [-0.1, -0.05) is 35.9 Å². The van der Waals surface area contributed by atoms with Crippen LogP contribution in [0.1, 0.15) is 36.0 Å². The lowest BCUT2D eigenvalue weighted by Gasteiger charge is -2.30. The molecule has 0 spiro atoms. The van der Waals surface area contributed by atoms with Gasteiger partial charge in [0.1, 0.15) is 6.04 Å². The molecule has 3 atom stereocenters. The molecule has 1 aromatic heterocycles. The molecule has 0 unspecified atom stereocenters. The Morgan fingerprint density at radius 3 is 2.61 bits per heavy atom. The lowest BCUT2D eigenvalue weighted by atomic mass is 10.0. The van der Waals surface area contributed by atoms with E-state index in [1.165, 1.54) is 11.1 Å². The van der Waals surface area contributed by atoms with E-state index >= 15 is 0 Å². The molecule has 36 heavy (non-hydrogen) atoms. The van der Waals surface area contributed by atoms with Gasteiger partial charge in [0, 0.05) is 50.7 Å². The monoisotopic (exact) mass is 482 g/mol. The van der Waals surface area contributed by atoms with E-state index < -0.39 is 0 Å². The van der Waals surface area contributed by atoms with Crippen LogP contribution in [0.4, 0.5) is 5.69 Å². The molecule has 6 heteroatoms. The summed E-state index contributed by atoms with van der Waals surface area (Å²) in [5, 5.41) is 3.39. The van der Waals surface area contributed by atoms with Crippen molar-refractivity contribution in [1.29, 1.82) is 0 Å². The number of aromatic nitrogens is 1. The highest BCUT2D eigenvalue weighted by atomic mass is 16.2. The third kappa shape index (κ3) is 5.13. The van der Waals surface area contributed by atoms with Gasteiger partial charge in [-0.25, -0.2) is 0 Å². The second-order valence-electron chi connectivity index (χ2n) is 10.2. The number of anilines is 1. The summed E-state index contributed by atoms with van der Waals surface area (Å²) >= 11 is 0. The number of hydrogen-bond acceptors (Lipinski definition) is 4. The van der Waals surface area contributed by atoms with Crippen molar-refractivity contribution in [2.75, 3.05) is 18.9 Å². The molecule has 3 aromatic rings. The highest BCUT2D eigenvalue weighted by Gasteiger charge is 2.56. The summed E-state index contributed by atoms with van der Waals surface area (Å²) in [5.74, 6) is 0.578. The van der Waals surface area contributed by atoms with Gasteiger partial charge in [-0.05, 0) is 79.1 Å². The Bertz CT molecular complexity index is 1260. The molecule has 2 heterocycles. The lowest BCUT2D eigenvalue weighted by molar-refractivity contribution is -0.144. The minimum absolute atomic E-state index is 0.0344. The highest BCUT2D eigenvalue weighted by molar-refractivity contribution is 5.89. The molecule has 2 aromatic carbocycles. The number of likely N-dealkylation sites (N-methyl/N-ethyl adjacent to an activating group) is 1. The molecule has 2 amide bonds. The second kappa shape index (κ2) is 10.1. The van der Waals surface area contributed by atoms with E-state index in [1.807, 2.05) is 36.2 Å². The first-order chi connectivity index (χ1) is 17.4. The molecule has 0 radical (unpaired) electrons. The van der Waals surface area contributed by atoms with Gasteiger partial charge >= 0.3 is 0 Å². The van der Waals surface area contributed by atoms with Gasteiger partial charge in [-0.2, -0.15) is 0 Å². The lowest BCUT2D eigenvalue weighted by Crippen LogP contribution is -2.48. The van der Waals surface area contributed by atoms with Crippen LogP contribution >= 0.6 is 0 Å². The third-order valence-corrected chi connectivity index (χ3v) is 7.45. The summed E-state index contributed by atoms with van der Waals surface area (Å²) in [5.41, 5.74) is 6.72. The molecule has 186 valence electrons. The molecule has 2 aliphatic rings. The molecular formula is C30H34N4O2. The summed E-state index contributed by atoms with van der Waals surface area (Å²) < 4.78 is 0. The van der Waals surface area contributed by atoms with E-state index in [4.69, 9.17) is 0 Å². The maximum Gasteiger partial charge on any atom is 0.245 e. The zero-order chi connectivity index (χ0) is 25.2. The van der Waals surface area contributed by atoms with Crippen LogP contribution in [0.3, 0.4) is 0 Å². The van der Waals surface area contributed by atoms with Crippen molar-refractivity contribution in [2.45, 2.75) is 51.7 Å². The fourth-order valence-electron chi connectivity index (χ4n) is 5.48. The maximum absolute atomic E-state index is 13.5. The molecule has 1 saturated heterocycles. The molecule has 1 saturated carbocycles. The van der Waals surface area contributed by atoms with Gasteiger partial charge in [0.05, 0.1) is 0 Å². The molecule has 1 aliphatic heterocycles. The van der Waals surface area contributed by atoms with Gasteiger partial charge in [0.15, 0.2) is 0 Å². The standard InChI is InChI=1S/C30H34N4O2/c1-20-7-8-26(21(2)15-20)32-14-11-29(35)34-27-17-25(27)18-28(34)30(36)33(3)19-22-5-4-6-24(16-22)23-9-12-31-13-10-23/h4-10,12-13,15-16,25,27-28,32H,11,14,17-19H2,1-3H3/t25-,27-,28-/m1/s1. The van der Waals surface area contributed by atoms with Crippen molar-refractivity contribution in [3.63, 3.8) is 0 Å². The van der Waals surface area contributed by atoms with Crippen LogP contribution in [0.2, 0.25) is 0 Å². The van der Waals surface area contributed by atoms with Crippen LogP contribution in [0, 0.1) is 19.8 Å². The molecular weight excluding hydrogens is 448 g/mol. The molecule has 1 aliphatic carbocycles. The van der Waals surface area contributed by atoms with E-state index in [-0.39, 0.29) is 23.9 Å². The number of rotatable bonds is 8. The van der Waals surface area contributed by atoms with Gasteiger partial charge < -0.3 is 15.1 Å². The Balaban J connectivity index is 1.20. The minimum Gasteiger partial charge on any atom is -0.384 e. The summed E-state index contributed by atoms with van der Waals surface area (Å²) in [6.45, 7) is 5.23. The number of carbonyl (C=O) groups is 2. The van der Waals surface area contributed by atoms with Crippen LogP contribution in [-0.4, -0.2) is 52.3 Å². The van der Waals surface area contributed by atoms with Crippen molar-refractivity contribution in [3.05, 3.63) is 83.7 Å². The average molecular weight is 483 g/mol. The predicted molar refractivity (Wildman–Crippen MR) is 142 cm³/mol. The van der Waals surface area contributed by atoms with Crippen molar-refractivity contribution in [2.24, 2.45) is 5.92 Å². The summed E-state index contributed by atoms with van der Waals surface area (Å²) in [7, 11) is 1.84. The van der Waals surface area contributed by atoms with Gasteiger partial charge in [-0.15, -0.1) is 0 Å². The molecule has 1 N–H and O–H groups in total. The van der Waals surface area contributed by atoms with Crippen LogP contribution in [0.15, 0.2) is 67.0 Å². The van der Waals surface area contributed by atoms with E-state index in [0.29, 0.717) is 25.4 Å². The number of likely N-dealkylation sites (tertiary alicyclic amines) is 1. The van der Waals surface area contributed by atoms with Crippen LogP contribution in [0.5, 0.6) is 0 Å². The quantitative estimate of drug-likeness (QED) is 0.500. The Labute approximate surface area is 213 Å². The van der Waals surface area contributed by atoms with E-state index in [0.717, 1.165) is 35.2 Å². The number of hydrogen-bond donors (Lipinski definition) is 1. The van der Waals surface area contributed by atoms with Gasteiger partial charge in [0.2, 0.25) is 11.8 Å². The van der Waals surface area contributed by atoms with Crippen LogP contribution in [-0.2, 0) is 16.1 Å². The summed E-state index contributed by atoms with van der Waals surface area (Å²) in [6, 6.07) is 18.4. The van der Waals surface area contributed by atoms with Crippen molar-refractivity contribution in [1.82, 2.24) is 14.8 Å². The maximum atomic E-state index is 13.5. The molecule has 5 rings (SSSR count). The minimum atomic E-state index is -0.351. The summed E-state index contributed by atoms with van der Waals surface area (Å²) in [4.78, 5) is 34.4. The Kier molecular flexibility index (Phi) is 6.77. The SMILES string of the molecule is Cc1ccc(NCCC(=O)N2[C@@H](C(=O)N(C)Cc3cccc(-c4ccncc4)c3)C[C@H]3C[C@H]32)c(C)c1. The van der Waals surface area contributed by atoms with Gasteiger partial charge in [0.25, 0.3) is 0 Å². The van der Waals surface area contributed by atoms with Gasteiger partial charge in [-0.3, -0.25) is 14.6 Å². The first kappa shape index (κ1) is 24.0. The number of nitrogens with one attached hydrogen (secondary N) is 1. The first-order valence-corrected chi connectivity index (χ1v) is 12.8. The first-order valence-electron chi connectivity index (χ1n) is 12.8. The number of piperidine rings is 1. The fourth-order valence-corrected chi connectivity index (χ4v) is 5.48. The van der Waals surface area contributed by atoms with E-state index in [9.17, 15) is 9.59 Å². The highest BCUT2D eigenvalue weighted by Crippen LogP contribution is 2.48. The number of carbonyl (C=O) groups excluding carboxylic acids is 2. The van der Waals surface area contributed by atoms with E-state index in [2.05, 4.69) is 54.5 Å². The van der Waals surface area contributed by atoms with Crippen molar-refractivity contribution in [3.8, 4) is 11.1 Å².